The highest BCUT2D eigenvalue weighted by Gasteiger charge is 2.28. The van der Waals surface area contributed by atoms with E-state index in [0.29, 0.717) is 12.5 Å². The molecular formula is C16H22F2N2S. The largest absolute Gasteiger partial charge is 0.389 e. The molecule has 0 heterocycles. The lowest BCUT2D eigenvalue weighted by molar-refractivity contribution is 0.501. The molecule has 5 heteroatoms. The highest BCUT2D eigenvalue weighted by molar-refractivity contribution is 7.80. The van der Waals surface area contributed by atoms with Crippen molar-refractivity contribution in [2.24, 2.45) is 11.7 Å². The molecule has 1 aromatic rings. The number of anilines is 1. The van der Waals surface area contributed by atoms with E-state index in [1.54, 1.807) is 0 Å². The third-order valence-corrected chi connectivity index (χ3v) is 4.15. The van der Waals surface area contributed by atoms with Crippen LogP contribution in [0.25, 0.3) is 0 Å². The van der Waals surface area contributed by atoms with Crippen LogP contribution in [0.1, 0.15) is 45.1 Å². The summed E-state index contributed by atoms with van der Waals surface area (Å²) in [4.78, 5) is 1.90. The molecule has 0 bridgehead atoms. The molecule has 116 valence electrons. The van der Waals surface area contributed by atoms with E-state index in [0.717, 1.165) is 25.7 Å². The van der Waals surface area contributed by atoms with Crippen LogP contribution in [0.15, 0.2) is 12.1 Å². The first-order valence-corrected chi connectivity index (χ1v) is 7.86. The van der Waals surface area contributed by atoms with Crippen molar-refractivity contribution in [2.45, 2.75) is 45.6 Å². The lowest BCUT2D eigenvalue weighted by Gasteiger charge is -2.33. The van der Waals surface area contributed by atoms with E-state index in [2.05, 4.69) is 13.8 Å². The minimum Gasteiger partial charge on any atom is -0.389 e. The Bertz CT molecular complexity index is 502. The maximum Gasteiger partial charge on any atom is 0.150 e. The molecule has 0 unspecified atom stereocenters. The fourth-order valence-electron chi connectivity index (χ4n) is 3.01. The molecule has 0 radical (unpaired) electrons. The van der Waals surface area contributed by atoms with Gasteiger partial charge in [-0.1, -0.05) is 38.9 Å². The number of hydrogen-bond donors (Lipinski definition) is 1. The van der Waals surface area contributed by atoms with Gasteiger partial charge in [-0.05, 0) is 30.9 Å². The van der Waals surface area contributed by atoms with E-state index in [-0.39, 0.29) is 22.3 Å². The van der Waals surface area contributed by atoms with Gasteiger partial charge in [0.2, 0.25) is 0 Å². The van der Waals surface area contributed by atoms with Crippen LogP contribution in [0.5, 0.6) is 0 Å². The first-order valence-electron chi connectivity index (χ1n) is 7.45. The Balaban J connectivity index is 2.41. The molecule has 21 heavy (non-hydrogen) atoms. The van der Waals surface area contributed by atoms with Gasteiger partial charge in [0.1, 0.15) is 22.3 Å². The van der Waals surface area contributed by atoms with Crippen LogP contribution in [-0.2, 0) is 0 Å². The Morgan fingerprint density at radius 3 is 2.24 bits per heavy atom. The zero-order chi connectivity index (χ0) is 15.6. The van der Waals surface area contributed by atoms with E-state index in [9.17, 15) is 8.78 Å². The zero-order valence-corrected chi connectivity index (χ0v) is 13.4. The summed E-state index contributed by atoms with van der Waals surface area (Å²) < 4.78 is 28.9. The fraction of sp³-hybridized carbons (Fsp3) is 0.562. The Kier molecular flexibility index (Phi) is 5.14. The van der Waals surface area contributed by atoms with Gasteiger partial charge in [-0.3, -0.25) is 0 Å². The molecule has 0 amide bonds. The van der Waals surface area contributed by atoms with E-state index in [1.165, 1.54) is 12.1 Å². The van der Waals surface area contributed by atoms with Crippen LogP contribution >= 0.6 is 12.2 Å². The van der Waals surface area contributed by atoms with E-state index in [1.807, 2.05) is 4.90 Å². The SMILES string of the molecule is CC(C)CN(c1c(F)cc(C(N)=S)cc1F)C1CCCC1. The van der Waals surface area contributed by atoms with Gasteiger partial charge in [-0.25, -0.2) is 8.78 Å². The predicted molar refractivity (Wildman–Crippen MR) is 86.7 cm³/mol. The standard InChI is InChI=1S/C16H22F2N2S/c1-10(2)9-20(12-5-3-4-6-12)15-13(17)7-11(16(19)21)8-14(15)18/h7-8,10,12H,3-6,9H2,1-2H3,(H2,19,21). The van der Waals surface area contributed by atoms with Crippen molar-refractivity contribution in [1.82, 2.24) is 0 Å². The van der Waals surface area contributed by atoms with E-state index < -0.39 is 11.6 Å². The molecule has 2 rings (SSSR count). The lowest BCUT2D eigenvalue weighted by atomic mass is 10.1. The van der Waals surface area contributed by atoms with Gasteiger partial charge in [-0.15, -0.1) is 0 Å². The van der Waals surface area contributed by atoms with Crippen LogP contribution in [-0.4, -0.2) is 17.6 Å². The van der Waals surface area contributed by atoms with Gasteiger partial charge in [0.15, 0.2) is 0 Å². The summed E-state index contributed by atoms with van der Waals surface area (Å²) in [6.45, 7) is 4.76. The third-order valence-electron chi connectivity index (χ3n) is 3.92. The van der Waals surface area contributed by atoms with E-state index in [4.69, 9.17) is 18.0 Å². The minimum absolute atomic E-state index is 0.00984. The summed E-state index contributed by atoms with van der Waals surface area (Å²) in [5, 5.41) is 0. The van der Waals surface area contributed by atoms with Gasteiger partial charge in [0.25, 0.3) is 0 Å². The lowest BCUT2D eigenvalue weighted by Crippen LogP contribution is -2.37. The normalized spacial score (nSPS) is 15.7. The molecule has 0 saturated heterocycles. The molecule has 0 spiro atoms. The molecule has 0 atom stereocenters. The highest BCUT2D eigenvalue weighted by Crippen LogP contribution is 2.33. The third kappa shape index (κ3) is 3.70. The number of thiocarbonyl (C=S) groups is 1. The molecule has 1 aliphatic rings. The van der Waals surface area contributed by atoms with Gasteiger partial charge in [0.05, 0.1) is 0 Å². The summed E-state index contributed by atoms with van der Waals surface area (Å²) in [5.41, 5.74) is 5.77. The van der Waals surface area contributed by atoms with Gasteiger partial charge in [-0.2, -0.15) is 0 Å². The van der Waals surface area contributed by atoms with Crippen molar-refractivity contribution >= 4 is 22.9 Å². The van der Waals surface area contributed by atoms with Crippen LogP contribution in [0.2, 0.25) is 0 Å². The highest BCUT2D eigenvalue weighted by atomic mass is 32.1. The average Bonchev–Trinajstić information content (AvgIpc) is 2.89. The van der Waals surface area contributed by atoms with E-state index >= 15 is 0 Å². The number of hydrogen-bond acceptors (Lipinski definition) is 2. The summed E-state index contributed by atoms with van der Waals surface area (Å²) >= 11 is 4.80. The molecule has 2 nitrogen and oxygen atoms in total. The number of nitrogens with two attached hydrogens (primary N) is 1. The zero-order valence-electron chi connectivity index (χ0n) is 12.5. The fourth-order valence-corrected chi connectivity index (χ4v) is 3.13. The summed E-state index contributed by atoms with van der Waals surface area (Å²) in [6.07, 6.45) is 4.21. The summed E-state index contributed by atoms with van der Waals surface area (Å²) in [7, 11) is 0. The minimum atomic E-state index is -0.578. The summed E-state index contributed by atoms with van der Waals surface area (Å²) in [5.74, 6) is -0.824. The predicted octanol–water partition coefficient (Wildman–Crippen LogP) is 4.00. The quantitative estimate of drug-likeness (QED) is 0.833. The molecular weight excluding hydrogens is 290 g/mol. The van der Waals surface area contributed by atoms with Crippen molar-refractivity contribution in [3.8, 4) is 0 Å². The Hall–Kier alpha value is -1.23. The molecule has 1 aliphatic carbocycles. The Morgan fingerprint density at radius 1 is 1.29 bits per heavy atom. The first kappa shape index (κ1) is 16.1. The van der Waals surface area contributed by atoms with Crippen LogP contribution in [0, 0.1) is 17.6 Å². The Morgan fingerprint density at radius 2 is 1.81 bits per heavy atom. The van der Waals surface area contributed by atoms with Gasteiger partial charge in [0, 0.05) is 18.2 Å². The first-order chi connectivity index (χ1) is 9.90. The van der Waals surface area contributed by atoms with Crippen molar-refractivity contribution < 1.29 is 8.78 Å². The van der Waals surface area contributed by atoms with Crippen molar-refractivity contribution in [2.75, 3.05) is 11.4 Å². The second-order valence-corrected chi connectivity index (χ2v) is 6.58. The van der Waals surface area contributed by atoms with Crippen LogP contribution < -0.4 is 10.6 Å². The van der Waals surface area contributed by atoms with Crippen molar-refractivity contribution in [1.29, 1.82) is 0 Å². The second-order valence-electron chi connectivity index (χ2n) is 6.14. The molecule has 0 aliphatic heterocycles. The van der Waals surface area contributed by atoms with Crippen LogP contribution in [0.4, 0.5) is 14.5 Å². The number of nitrogens with zero attached hydrogens (tertiary/aromatic N) is 1. The molecule has 1 saturated carbocycles. The number of benzene rings is 1. The smallest absolute Gasteiger partial charge is 0.150 e. The number of rotatable bonds is 5. The average molecular weight is 312 g/mol. The van der Waals surface area contributed by atoms with Gasteiger partial charge < -0.3 is 10.6 Å². The number of halogens is 2. The topological polar surface area (TPSA) is 29.3 Å². The molecule has 1 fully saturated rings. The van der Waals surface area contributed by atoms with Gasteiger partial charge >= 0.3 is 0 Å². The maximum atomic E-state index is 14.4. The maximum absolute atomic E-state index is 14.4. The molecule has 2 N–H and O–H groups in total. The molecule has 0 aromatic heterocycles. The molecule has 1 aromatic carbocycles. The second kappa shape index (κ2) is 6.69. The van der Waals surface area contributed by atoms with Crippen LogP contribution in [0.3, 0.4) is 0 Å². The Labute approximate surface area is 130 Å². The monoisotopic (exact) mass is 312 g/mol. The van der Waals surface area contributed by atoms with Crippen molar-refractivity contribution in [3.05, 3.63) is 29.3 Å². The van der Waals surface area contributed by atoms with Crippen molar-refractivity contribution in [3.63, 3.8) is 0 Å². The summed E-state index contributed by atoms with van der Waals surface area (Å²) in [6, 6.07) is 2.69.